The molecule has 0 aliphatic heterocycles. The predicted octanol–water partition coefficient (Wildman–Crippen LogP) is 1.45. The lowest BCUT2D eigenvalue weighted by atomic mass is 10.2. The average molecular weight is 178 g/mol. The van der Waals surface area contributed by atoms with Crippen molar-refractivity contribution in [3.63, 3.8) is 0 Å². The summed E-state index contributed by atoms with van der Waals surface area (Å²) in [6.45, 7) is 4.12. The molecular weight excluding hydrogens is 164 g/mol. The van der Waals surface area contributed by atoms with Crippen LogP contribution in [0, 0.1) is 0 Å². The van der Waals surface area contributed by atoms with E-state index in [0.717, 1.165) is 11.6 Å². The number of anilines is 1. The predicted molar refractivity (Wildman–Crippen MR) is 50.3 cm³/mol. The third-order valence-corrected chi connectivity index (χ3v) is 2.15. The Balaban J connectivity index is 2.36. The van der Waals surface area contributed by atoms with Gasteiger partial charge in [-0.2, -0.15) is 9.97 Å². The minimum absolute atomic E-state index is 0.322. The summed E-state index contributed by atoms with van der Waals surface area (Å²) < 4.78 is 0. The molecule has 0 amide bonds. The number of rotatable bonds is 2. The van der Waals surface area contributed by atoms with Crippen molar-refractivity contribution >= 4 is 5.95 Å². The fraction of sp³-hybridized carbons (Fsp3) is 0.667. The van der Waals surface area contributed by atoms with E-state index in [1.54, 1.807) is 0 Å². The maximum atomic E-state index is 5.60. The number of aromatic nitrogens is 3. The van der Waals surface area contributed by atoms with Gasteiger partial charge in [-0.05, 0) is 12.8 Å². The lowest BCUT2D eigenvalue weighted by molar-refractivity contribution is 0.736. The molecule has 1 aliphatic carbocycles. The standard InChI is InChI=1S/C9H14N4/c1-5(2)7-11-8(6-3-4-6)13-9(10)12-7/h5-6H,3-4H2,1-2H3,(H2,10,11,12,13). The Bertz CT molecular complexity index is 297. The van der Waals surface area contributed by atoms with E-state index in [1.807, 2.05) is 0 Å². The molecule has 1 aromatic rings. The van der Waals surface area contributed by atoms with Crippen molar-refractivity contribution in [1.82, 2.24) is 15.0 Å². The van der Waals surface area contributed by atoms with Gasteiger partial charge in [-0.25, -0.2) is 4.98 Å². The van der Waals surface area contributed by atoms with E-state index in [0.29, 0.717) is 17.8 Å². The van der Waals surface area contributed by atoms with E-state index in [4.69, 9.17) is 5.73 Å². The summed E-state index contributed by atoms with van der Waals surface area (Å²) in [6.07, 6.45) is 2.39. The first-order valence-electron chi connectivity index (χ1n) is 4.68. The highest BCUT2D eigenvalue weighted by Gasteiger charge is 2.27. The maximum absolute atomic E-state index is 5.60. The van der Waals surface area contributed by atoms with Gasteiger partial charge < -0.3 is 5.73 Å². The average Bonchev–Trinajstić information content (AvgIpc) is 2.85. The van der Waals surface area contributed by atoms with Gasteiger partial charge in [-0.15, -0.1) is 0 Å². The second kappa shape index (κ2) is 2.94. The SMILES string of the molecule is CC(C)c1nc(N)nc(C2CC2)n1. The van der Waals surface area contributed by atoms with Crippen LogP contribution in [-0.2, 0) is 0 Å². The first-order valence-corrected chi connectivity index (χ1v) is 4.68. The summed E-state index contributed by atoms with van der Waals surface area (Å²) in [7, 11) is 0. The molecule has 70 valence electrons. The molecule has 0 spiro atoms. The summed E-state index contributed by atoms with van der Waals surface area (Å²) in [6, 6.07) is 0. The number of nitrogens with zero attached hydrogens (tertiary/aromatic N) is 3. The van der Waals surface area contributed by atoms with E-state index in [-0.39, 0.29) is 0 Å². The monoisotopic (exact) mass is 178 g/mol. The van der Waals surface area contributed by atoms with Crippen LogP contribution < -0.4 is 5.73 Å². The van der Waals surface area contributed by atoms with Crippen molar-refractivity contribution in [2.45, 2.75) is 38.5 Å². The Hall–Kier alpha value is -1.19. The third kappa shape index (κ3) is 1.76. The first-order chi connectivity index (χ1) is 6.16. The van der Waals surface area contributed by atoms with E-state index >= 15 is 0 Å². The molecule has 1 heterocycles. The maximum Gasteiger partial charge on any atom is 0.223 e. The van der Waals surface area contributed by atoms with Crippen LogP contribution in [0.3, 0.4) is 0 Å². The molecule has 1 saturated carbocycles. The number of hydrogen-bond acceptors (Lipinski definition) is 4. The molecule has 0 saturated heterocycles. The molecule has 1 aliphatic rings. The van der Waals surface area contributed by atoms with Crippen molar-refractivity contribution in [3.05, 3.63) is 11.6 Å². The molecule has 2 rings (SSSR count). The Morgan fingerprint density at radius 1 is 1.23 bits per heavy atom. The second-order valence-electron chi connectivity index (χ2n) is 3.84. The zero-order chi connectivity index (χ0) is 9.42. The van der Waals surface area contributed by atoms with Gasteiger partial charge >= 0.3 is 0 Å². The number of nitrogen functional groups attached to an aromatic ring is 1. The molecule has 1 aromatic heterocycles. The fourth-order valence-electron chi connectivity index (χ4n) is 1.21. The molecule has 4 nitrogen and oxygen atoms in total. The highest BCUT2D eigenvalue weighted by Crippen LogP contribution is 2.38. The largest absolute Gasteiger partial charge is 0.368 e. The van der Waals surface area contributed by atoms with Crippen molar-refractivity contribution in [1.29, 1.82) is 0 Å². The van der Waals surface area contributed by atoms with Gasteiger partial charge in [-0.3, -0.25) is 0 Å². The Kier molecular flexibility index (Phi) is 1.90. The third-order valence-electron chi connectivity index (χ3n) is 2.15. The highest BCUT2D eigenvalue weighted by atomic mass is 15.1. The summed E-state index contributed by atoms with van der Waals surface area (Å²) in [5.74, 6) is 2.93. The lowest BCUT2D eigenvalue weighted by Crippen LogP contribution is -2.07. The van der Waals surface area contributed by atoms with Crippen molar-refractivity contribution < 1.29 is 0 Å². The lowest BCUT2D eigenvalue weighted by Gasteiger charge is -2.05. The van der Waals surface area contributed by atoms with Gasteiger partial charge in [0.25, 0.3) is 0 Å². The van der Waals surface area contributed by atoms with Crippen LogP contribution in [0.5, 0.6) is 0 Å². The van der Waals surface area contributed by atoms with Crippen LogP contribution >= 0.6 is 0 Å². The summed E-state index contributed by atoms with van der Waals surface area (Å²) in [4.78, 5) is 12.6. The Morgan fingerprint density at radius 2 is 1.92 bits per heavy atom. The van der Waals surface area contributed by atoms with Gasteiger partial charge in [0.2, 0.25) is 5.95 Å². The van der Waals surface area contributed by atoms with E-state index in [2.05, 4.69) is 28.8 Å². The molecule has 4 heteroatoms. The highest BCUT2D eigenvalue weighted by molar-refractivity contribution is 5.20. The molecule has 1 fully saturated rings. The van der Waals surface area contributed by atoms with Gasteiger partial charge in [0, 0.05) is 11.8 Å². The van der Waals surface area contributed by atoms with E-state index in [9.17, 15) is 0 Å². The number of nitrogens with two attached hydrogens (primary N) is 1. The molecule has 13 heavy (non-hydrogen) atoms. The summed E-state index contributed by atoms with van der Waals surface area (Å²) in [5.41, 5.74) is 5.60. The summed E-state index contributed by atoms with van der Waals surface area (Å²) >= 11 is 0. The van der Waals surface area contributed by atoms with Crippen molar-refractivity contribution in [2.75, 3.05) is 5.73 Å². The van der Waals surface area contributed by atoms with Crippen LogP contribution in [0.15, 0.2) is 0 Å². The zero-order valence-corrected chi connectivity index (χ0v) is 7.99. The molecule has 0 atom stereocenters. The van der Waals surface area contributed by atoms with Crippen LogP contribution in [0.4, 0.5) is 5.95 Å². The second-order valence-corrected chi connectivity index (χ2v) is 3.84. The molecule has 0 aromatic carbocycles. The first kappa shape index (κ1) is 8.41. The van der Waals surface area contributed by atoms with Crippen LogP contribution in [0.25, 0.3) is 0 Å². The molecule has 0 unspecified atom stereocenters. The van der Waals surface area contributed by atoms with Crippen molar-refractivity contribution in [3.8, 4) is 0 Å². The zero-order valence-electron chi connectivity index (χ0n) is 7.99. The van der Waals surface area contributed by atoms with Crippen molar-refractivity contribution in [2.24, 2.45) is 0 Å². The Morgan fingerprint density at radius 3 is 2.46 bits per heavy atom. The Labute approximate surface area is 77.6 Å². The topological polar surface area (TPSA) is 64.7 Å². The van der Waals surface area contributed by atoms with Gasteiger partial charge in [0.05, 0.1) is 0 Å². The van der Waals surface area contributed by atoms with Gasteiger partial charge in [0.15, 0.2) is 0 Å². The van der Waals surface area contributed by atoms with Crippen LogP contribution in [0.2, 0.25) is 0 Å². The molecule has 0 bridgehead atoms. The minimum Gasteiger partial charge on any atom is -0.368 e. The quantitative estimate of drug-likeness (QED) is 0.744. The van der Waals surface area contributed by atoms with E-state index in [1.165, 1.54) is 12.8 Å². The molecular formula is C9H14N4. The smallest absolute Gasteiger partial charge is 0.223 e. The number of hydrogen-bond donors (Lipinski definition) is 1. The molecule has 2 N–H and O–H groups in total. The van der Waals surface area contributed by atoms with Crippen LogP contribution in [-0.4, -0.2) is 15.0 Å². The minimum atomic E-state index is 0.322. The van der Waals surface area contributed by atoms with Crippen LogP contribution in [0.1, 0.15) is 50.2 Å². The normalized spacial score (nSPS) is 16.5. The van der Waals surface area contributed by atoms with Gasteiger partial charge in [-0.1, -0.05) is 13.8 Å². The molecule has 0 radical (unpaired) electrons. The fourth-order valence-corrected chi connectivity index (χ4v) is 1.21. The van der Waals surface area contributed by atoms with E-state index < -0.39 is 0 Å². The summed E-state index contributed by atoms with van der Waals surface area (Å²) in [5, 5.41) is 0. The van der Waals surface area contributed by atoms with Gasteiger partial charge in [0.1, 0.15) is 11.6 Å².